The van der Waals surface area contributed by atoms with E-state index in [4.69, 9.17) is 17.3 Å². The zero-order valence-corrected chi connectivity index (χ0v) is 10.2. The van der Waals surface area contributed by atoms with Gasteiger partial charge in [-0.3, -0.25) is 4.79 Å². The highest BCUT2D eigenvalue weighted by Crippen LogP contribution is 2.40. The molecule has 86 valence electrons. The van der Waals surface area contributed by atoms with Gasteiger partial charge in [0.25, 0.3) is 0 Å². The summed E-state index contributed by atoms with van der Waals surface area (Å²) in [5, 5.41) is 0.597. The Morgan fingerprint density at radius 2 is 2.19 bits per heavy atom. The third-order valence-corrected chi connectivity index (χ3v) is 3.01. The van der Waals surface area contributed by atoms with Gasteiger partial charge in [-0.05, 0) is 12.0 Å². The predicted molar refractivity (Wildman–Crippen MR) is 65.6 cm³/mol. The second kappa shape index (κ2) is 4.07. The summed E-state index contributed by atoms with van der Waals surface area (Å²) < 4.78 is 0. The van der Waals surface area contributed by atoms with Crippen LogP contribution < -0.4 is 10.6 Å². The average Bonchev–Trinajstić information content (AvgIpc) is 2.45. The predicted octanol–water partition coefficient (Wildman–Crippen LogP) is 2.34. The molecule has 0 spiro atoms. The SMILES string of the molecule is CC(C)CN1C(=O)C(N)c2cccc(Cl)c21. The fourth-order valence-electron chi connectivity index (χ4n) is 2.03. The number of benzene rings is 1. The van der Waals surface area contributed by atoms with E-state index in [-0.39, 0.29) is 5.91 Å². The Hall–Kier alpha value is -1.06. The average molecular weight is 239 g/mol. The standard InChI is InChI=1S/C12H15ClN2O/c1-7(2)6-15-11-8(10(14)12(15)16)4-3-5-9(11)13/h3-5,7,10H,6,14H2,1-2H3. The summed E-state index contributed by atoms with van der Waals surface area (Å²) in [7, 11) is 0. The number of anilines is 1. The highest BCUT2D eigenvalue weighted by Gasteiger charge is 2.36. The quantitative estimate of drug-likeness (QED) is 0.860. The van der Waals surface area contributed by atoms with Crippen LogP contribution in [0.2, 0.25) is 5.02 Å². The Kier molecular flexibility index (Phi) is 2.91. The molecular weight excluding hydrogens is 224 g/mol. The lowest BCUT2D eigenvalue weighted by atomic mass is 10.1. The minimum absolute atomic E-state index is 0.0585. The smallest absolute Gasteiger partial charge is 0.248 e. The number of amides is 1. The first kappa shape index (κ1) is 11.4. The van der Waals surface area contributed by atoms with Crippen molar-refractivity contribution in [2.45, 2.75) is 19.9 Å². The Morgan fingerprint density at radius 3 is 2.81 bits per heavy atom. The van der Waals surface area contributed by atoms with Gasteiger partial charge in [-0.25, -0.2) is 0 Å². The molecule has 2 N–H and O–H groups in total. The molecule has 0 fully saturated rings. The Labute approximate surface area is 100 Å². The summed E-state index contributed by atoms with van der Waals surface area (Å²) in [6.07, 6.45) is 0. The van der Waals surface area contributed by atoms with E-state index >= 15 is 0 Å². The van der Waals surface area contributed by atoms with E-state index in [0.717, 1.165) is 11.3 Å². The number of para-hydroxylation sites is 1. The number of carbonyl (C=O) groups is 1. The Morgan fingerprint density at radius 1 is 1.50 bits per heavy atom. The van der Waals surface area contributed by atoms with Crippen LogP contribution in [-0.2, 0) is 4.79 Å². The lowest BCUT2D eigenvalue weighted by Gasteiger charge is -2.20. The molecule has 1 aliphatic heterocycles. The van der Waals surface area contributed by atoms with Gasteiger partial charge in [0, 0.05) is 12.1 Å². The van der Waals surface area contributed by atoms with Gasteiger partial charge in [0.05, 0.1) is 10.7 Å². The maximum absolute atomic E-state index is 12.0. The highest BCUT2D eigenvalue weighted by atomic mass is 35.5. The van der Waals surface area contributed by atoms with Crippen molar-refractivity contribution >= 4 is 23.2 Å². The third kappa shape index (κ3) is 1.70. The van der Waals surface area contributed by atoms with Crippen LogP contribution in [0.5, 0.6) is 0 Å². The first-order chi connectivity index (χ1) is 7.52. The molecule has 0 bridgehead atoms. The van der Waals surface area contributed by atoms with Crippen LogP contribution in [0.1, 0.15) is 25.5 Å². The fourth-order valence-corrected chi connectivity index (χ4v) is 2.31. The topological polar surface area (TPSA) is 46.3 Å². The zero-order chi connectivity index (χ0) is 11.9. The van der Waals surface area contributed by atoms with E-state index in [1.807, 2.05) is 12.1 Å². The summed E-state index contributed by atoms with van der Waals surface area (Å²) >= 11 is 6.13. The lowest BCUT2D eigenvalue weighted by Crippen LogP contribution is -2.34. The molecule has 2 rings (SSSR count). The molecule has 1 atom stereocenters. The number of nitrogens with two attached hydrogens (primary N) is 1. The highest BCUT2D eigenvalue weighted by molar-refractivity contribution is 6.34. The molecule has 0 aromatic heterocycles. The number of carbonyl (C=O) groups excluding carboxylic acids is 1. The second-order valence-electron chi connectivity index (χ2n) is 4.50. The summed E-state index contributed by atoms with van der Waals surface area (Å²) in [4.78, 5) is 13.7. The summed E-state index contributed by atoms with van der Waals surface area (Å²) in [5.41, 5.74) is 7.49. The van der Waals surface area contributed by atoms with Crippen molar-refractivity contribution in [3.63, 3.8) is 0 Å². The van der Waals surface area contributed by atoms with Crippen molar-refractivity contribution in [1.29, 1.82) is 0 Å². The van der Waals surface area contributed by atoms with Crippen molar-refractivity contribution < 1.29 is 4.79 Å². The molecule has 16 heavy (non-hydrogen) atoms. The van der Waals surface area contributed by atoms with Crippen molar-refractivity contribution in [2.75, 3.05) is 11.4 Å². The number of fused-ring (bicyclic) bond motifs is 1. The second-order valence-corrected chi connectivity index (χ2v) is 4.91. The molecule has 1 aromatic rings. The van der Waals surface area contributed by atoms with Crippen molar-refractivity contribution in [1.82, 2.24) is 0 Å². The summed E-state index contributed by atoms with van der Waals surface area (Å²) in [6, 6.07) is 4.92. The van der Waals surface area contributed by atoms with E-state index in [1.165, 1.54) is 0 Å². The molecule has 1 aromatic carbocycles. The van der Waals surface area contributed by atoms with Gasteiger partial charge < -0.3 is 10.6 Å². The Bertz CT molecular complexity index is 431. The third-order valence-electron chi connectivity index (χ3n) is 2.70. The van der Waals surface area contributed by atoms with Gasteiger partial charge >= 0.3 is 0 Å². The maximum atomic E-state index is 12.0. The molecule has 0 saturated heterocycles. The van der Waals surface area contributed by atoms with Crippen LogP contribution in [0.25, 0.3) is 0 Å². The van der Waals surface area contributed by atoms with Crippen LogP contribution in [0.4, 0.5) is 5.69 Å². The largest absolute Gasteiger partial charge is 0.316 e. The number of halogens is 1. The number of nitrogens with zero attached hydrogens (tertiary/aromatic N) is 1. The van der Waals surface area contributed by atoms with Crippen molar-refractivity contribution in [3.05, 3.63) is 28.8 Å². The number of hydrogen-bond acceptors (Lipinski definition) is 2. The molecule has 1 amide bonds. The van der Waals surface area contributed by atoms with Gasteiger partial charge in [0.15, 0.2) is 0 Å². The zero-order valence-electron chi connectivity index (χ0n) is 9.40. The molecule has 0 radical (unpaired) electrons. The van der Waals surface area contributed by atoms with Gasteiger partial charge in [0.1, 0.15) is 6.04 Å². The first-order valence-corrected chi connectivity index (χ1v) is 5.75. The molecular formula is C12H15ClN2O. The minimum atomic E-state index is -0.563. The van der Waals surface area contributed by atoms with Crippen LogP contribution >= 0.6 is 11.6 Å². The lowest BCUT2D eigenvalue weighted by molar-refractivity contribution is -0.119. The van der Waals surface area contributed by atoms with E-state index < -0.39 is 6.04 Å². The van der Waals surface area contributed by atoms with Crippen molar-refractivity contribution in [2.24, 2.45) is 11.7 Å². The van der Waals surface area contributed by atoms with Gasteiger partial charge in [-0.2, -0.15) is 0 Å². The first-order valence-electron chi connectivity index (χ1n) is 5.37. The van der Waals surface area contributed by atoms with Crippen LogP contribution in [0.15, 0.2) is 18.2 Å². The number of hydrogen-bond donors (Lipinski definition) is 1. The van der Waals surface area contributed by atoms with Gasteiger partial charge in [-0.15, -0.1) is 0 Å². The molecule has 4 heteroatoms. The minimum Gasteiger partial charge on any atom is -0.316 e. The van der Waals surface area contributed by atoms with Gasteiger partial charge in [-0.1, -0.05) is 37.6 Å². The van der Waals surface area contributed by atoms with Crippen LogP contribution in [0, 0.1) is 5.92 Å². The molecule has 3 nitrogen and oxygen atoms in total. The normalized spacial score (nSPS) is 19.4. The molecule has 0 saturated carbocycles. The molecule has 0 aliphatic carbocycles. The monoisotopic (exact) mass is 238 g/mol. The number of rotatable bonds is 2. The van der Waals surface area contributed by atoms with E-state index in [0.29, 0.717) is 17.5 Å². The van der Waals surface area contributed by atoms with E-state index in [9.17, 15) is 4.79 Å². The maximum Gasteiger partial charge on any atom is 0.248 e. The van der Waals surface area contributed by atoms with Crippen molar-refractivity contribution in [3.8, 4) is 0 Å². The van der Waals surface area contributed by atoms with Crippen LogP contribution in [0.3, 0.4) is 0 Å². The molecule has 1 heterocycles. The van der Waals surface area contributed by atoms with E-state index in [1.54, 1.807) is 11.0 Å². The van der Waals surface area contributed by atoms with E-state index in [2.05, 4.69) is 13.8 Å². The molecule has 1 unspecified atom stereocenters. The van der Waals surface area contributed by atoms with Gasteiger partial charge in [0.2, 0.25) is 5.91 Å². The molecule has 1 aliphatic rings. The fraction of sp³-hybridized carbons (Fsp3) is 0.417. The summed E-state index contributed by atoms with van der Waals surface area (Å²) in [6.45, 7) is 4.78. The van der Waals surface area contributed by atoms with Crippen LogP contribution in [-0.4, -0.2) is 12.5 Å². The summed E-state index contributed by atoms with van der Waals surface area (Å²) in [5.74, 6) is 0.329. The Balaban J connectivity index is 2.47.